The van der Waals surface area contributed by atoms with Crippen LogP contribution in [0.25, 0.3) is 11.3 Å². The Morgan fingerprint density at radius 1 is 1.21 bits per heavy atom. The molecule has 3 heterocycles. The monoisotopic (exact) mass is 394 g/mol. The molecule has 0 radical (unpaired) electrons. The van der Waals surface area contributed by atoms with Crippen LogP contribution in [0.1, 0.15) is 51.9 Å². The van der Waals surface area contributed by atoms with E-state index < -0.39 is 11.5 Å². The largest absolute Gasteiger partial charge is 0.424 e. The second-order valence-electron chi connectivity index (χ2n) is 7.23. The van der Waals surface area contributed by atoms with Gasteiger partial charge in [0.25, 0.3) is 5.91 Å². The fraction of sp³-hybridized carbons (Fsp3) is 0.318. The summed E-state index contributed by atoms with van der Waals surface area (Å²) in [4.78, 5) is 24.9. The highest BCUT2D eigenvalue weighted by molar-refractivity contribution is 5.95. The first-order valence-corrected chi connectivity index (χ1v) is 9.58. The lowest BCUT2D eigenvalue weighted by Gasteiger charge is -2.11. The molecule has 0 bridgehead atoms. The zero-order valence-corrected chi connectivity index (χ0v) is 16.4. The maximum absolute atomic E-state index is 12.5. The smallest absolute Gasteiger partial charge is 0.349 e. The number of carbonyl (C=O) groups is 1. The molecule has 1 unspecified atom stereocenters. The third kappa shape index (κ3) is 4.14. The maximum Gasteiger partial charge on any atom is 0.349 e. The number of nitrogens with zero attached hydrogens (tertiary/aromatic N) is 1. The van der Waals surface area contributed by atoms with Crippen LogP contribution >= 0.6 is 0 Å². The molecule has 1 atom stereocenters. The Kier molecular flexibility index (Phi) is 5.31. The second kappa shape index (κ2) is 8.05. The number of nitrogens with one attached hydrogen (secondary N) is 1. The SMILES string of the molecule is Cc1ccc(-c2cc(CNC(=O)c3c(C)cc(C4CCCO4)oc3=O)no2)cc1. The molecule has 7 heteroatoms. The quantitative estimate of drug-likeness (QED) is 0.709. The molecule has 4 rings (SSSR count). The molecule has 1 aliphatic heterocycles. The summed E-state index contributed by atoms with van der Waals surface area (Å²) in [7, 11) is 0. The van der Waals surface area contributed by atoms with E-state index in [9.17, 15) is 9.59 Å². The van der Waals surface area contributed by atoms with Gasteiger partial charge in [0.1, 0.15) is 23.1 Å². The van der Waals surface area contributed by atoms with Crippen LogP contribution < -0.4 is 10.9 Å². The van der Waals surface area contributed by atoms with Gasteiger partial charge in [-0.25, -0.2) is 4.79 Å². The molecule has 7 nitrogen and oxygen atoms in total. The van der Waals surface area contributed by atoms with Gasteiger partial charge in [0.05, 0.1) is 6.54 Å². The van der Waals surface area contributed by atoms with E-state index in [1.54, 1.807) is 19.1 Å². The van der Waals surface area contributed by atoms with Crippen LogP contribution in [-0.2, 0) is 11.3 Å². The summed E-state index contributed by atoms with van der Waals surface area (Å²) >= 11 is 0. The number of rotatable bonds is 5. The van der Waals surface area contributed by atoms with Gasteiger partial charge < -0.3 is 19.0 Å². The molecule has 0 spiro atoms. The summed E-state index contributed by atoms with van der Waals surface area (Å²) in [5, 5.41) is 6.69. The molecule has 3 aromatic rings. The number of aryl methyl sites for hydroxylation is 2. The van der Waals surface area contributed by atoms with Gasteiger partial charge in [-0.1, -0.05) is 35.0 Å². The van der Waals surface area contributed by atoms with Crippen LogP contribution in [0.2, 0.25) is 0 Å². The Labute approximate surface area is 167 Å². The fourth-order valence-electron chi connectivity index (χ4n) is 3.37. The standard InChI is InChI=1S/C22H22N2O5/c1-13-5-7-15(8-6-13)18-11-16(24-29-18)12-23-21(25)20-14(2)10-19(28-22(20)26)17-4-3-9-27-17/h5-8,10-11,17H,3-4,9,12H2,1-2H3,(H,23,25). The molecular formula is C22H22N2O5. The molecule has 29 heavy (non-hydrogen) atoms. The molecule has 150 valence electrons. The van der Waals surface area contributed by atoms with Crippen molar-refractivity contribution in [2.24, 2.45) is 0 Å². The number of hydrogen-bond acceptors (Lipinski definition) is 6. The van der Waals surface area contributed by atoms with Crippen LogP contribution in [0.15, 0.2) is 50.1 Å². The van der Waals surface area contributed by atoms with Gasteiger partial charge in [0.15, 0.2) is 5.76 Å². The lowest BCUT2D eigenvalue weighted by molar-refractivity contribution is 0.0882. The Morgan fingerprint density at radius 3 is 2.69 bits per heavy atom. The van der Waals surface area contributed by atoms with Crippen molar-refractivity contribution in [3.63, 3.8) is 0 Å². The highest BCUT2D eigenvalue weighted by Crippen LogP contribution is 2.28. The Morgan fingerprint density at radius 2 is 2.00 bits per heavy atom. The van der Waals surface area contributed by atoms with Crippen molar-refractivity contribution in [3.05, 3.63) is 75.0 Å². The van der Waals surface area contributed by atoms with Crippen LogP contribution in [0.4, 0.5) is 0 Å². The molecule has 2 aromatic heterocycles. The number of amides is 1. The number of carbonyl (C=O) groups excluding carboxylic acids is 1. The van der Waals surface area contributed by atoms with Crippen molar-refractivity contribution in [1.82, 2.24) is 10.5 Å². The summed E-state index contributed by atoms with van der Waals surface area (Å²) in [5.41, 5.74) is 2.52. The van der Waals surface area contributed by atoms with Crippen molar-refractivity contribution in [2.75, 3.05) is 6.61 Å². The van der Waals surface area contributed by atoms with E-state index >= 15 is 0 Å². The van der Waals surface area contributed by atoms with Crippen LogP contribution in [-0.4, -0.2) is 17.7 Å². The van der Waals surface area contributed by atoms with Gasteiger partial charge in [-0.3, -0.25) is 4.79 Å². The van der Waals surface area contributed by atoms with Crippen molar-refractivity contribution < 1.29 is 18.5 Å². The molecule has 1 saturated heterocycles. The summed E-state index contributed by atoms with van der Waals surface area (Å²) in [5.74, 6) is 0.585. The first-order valence-electron chi connectivity index (χ1n) is 9.58. The van der Waals surface area contributed by atoms with E-state index in [0.29, 0.717) is 29.4 Å². The Hall–Kier alpha value is -3.19. The van der Waals surface area contributed by atoms with Crippen LogP contribution in [0.5, 0.6) is 0 Å². The van der Waals surface area contributed by atoms with Crippen LogP contribution in [0.3, 0.4) is 0 Å². The summed E-state index contributed by atoms with van der Waals surface area (Å²) in [6, 6.07) is 11.3. The van der Waals surface area contributed by atoms with Crippen molar-refractivity contribution >= 4 is 5.91 Å². The average molecular weight is 394 g/mol. The van der Waals surface area contributed by atoms with Crippen LogP contribution in [0, 0.1) is 13.8 Å². The predicted molar refractivity (Wildman–Crippen MR) is 105 cm³/mol. The average Bonchev–Trinajstić information content (AvgIpc) is 3.39. The zero-order chi connectivity index (χ0) is 20.4. The molecule has 0 aliphatic carbocycles. The highest BCUT2D eigenvalue weighted by Gasteiger charge is 2.24. The molecule has 1 aromatic carbocycles. The first kappa shape index (κ1) is 19.1. The first-order chi connectivity index (χ1) is 14.0. The number of hydrogen-bond donors (Lipinski definition) is 1. The lowest BCUT2D eigenvalue weighted by atomic mass is 10.1. The molecular weight excluding hydrogens is 372 g/mol. The minimum Gasteiger partial charge on any atom is -0.424 e. The summed E-state index contributed by atoms with van der Waals surface area (Å²) in [6.07, 6.45) is 1.52. The Bertz CT molecular complexity index is 1080. The van der Waals surface area contributed by atoms with E-state index in [1.807, 2.05) is 31.2 Å². The highest BCUT2D eigenvalue weighted by atomic mass is 16.5. The van der Waals surface area contributed by atoms with Gasteiger partial charge >= 0.3 is 5.63 Å². The van der Waals surface area contributed by atoms with E-state index in [2.05, 4.69) is 10.5 Å². The van der Waals surface area contributed by atoms with Crippen molar-refractivity contribution in [3.8, 4) is 11.3 Å². The van der Waals surface area contributed by atoms with Gasteiger partial charge in [-0.15, -0.1) is 0 Å². The minimum absolute atomic E-state index is 0.00556. The second-order valence-corrected chi connectivity index (χ2v) is 7.23. The maximum atomic E-state index is 12.5. The van der Waals surface area contributed by atoms with Gasteiger partial charge in [0, 0.05) is 18.2 Å². The van der Waals surface area contributed by atoms with Crippen molar-refractivity contribution in [1.29, 1.82) is 0 Å². The van der Waals surface area contributed by atoms with Gasteiger partial charge in [-0.05, 0) is 38.3 Å². The Balaban J connectivity index is 1.45. The molecule has 0 saturated carbocycles. The predicted octanol–water partition coefficient (Wildman–Crippen LogP) is 3.69. The summed E-state index contributed by atoms with van der Waals surface area (Å²) in [6.45, 7) is 4.52. The number of ether oxygens (including phenoxy) is 1. The van der Waals surface area contributed by atoms with E-state index in [-0.39, 0.29) is 18.2 Å². The zero-order valence-electron chi connectivity index (χ0n) is 16.4. The molecule has 1 N–H and O–H groups in total. The van der Waals surface area contributed by atoms with Gasteiger partial charge in [0.2, 0.25) is 0 Å². The third-order valence-corrected chi connectivity index (χ3v) is 4.97. The number of benzene rings is 1. The van der Waals surface area contributed by atoms with Crippen molar-refractivity contribution in [2.45, 2.75) is 39.3 Å². The van der Waals surface area contributed by atoms with E-state index in [0.717, 1.165) is 24.0 Å². The van der Waals surface area contributed by atoms with E-state index in [4.69, 9.17) is 13.7 Å². The minimum atomic E-state index is -0.659. The van der Waals surface area contributed by atoms with Gasteiger partial charge in [-0.2, -0.15) is 0 Å². The molecule has 1 aliphatic rings. The molecule has 1 fully saturated rings. The normalized spacial score (nSPS) is 16.1. The lowest BCUT2D eigenvalue weighted by Crippen LogP contribution is -2.29. The third-order valence-electron chi connectivity index (χ3n) is 4.97. The van der Waals surface area contributed by atoms with E-state index in [1.165, 1.54) is 0 Å². The number of aromatic nitrogens is 1. The fourth-order valence-corrected chi connectivity index (χ4v) is 3.37. The molecule has 1 amide bonds. The topological polar surface area (TPSA) is 94.6 Å². The summed E-state index contributed by atoms with van der Waals surface area (Å²) < 4.78 is 16.2.